The molecule has 1 aliphatic rings. The second kappa shape index (κ2) is 4.57. The van der Waals surface area contributed by atoms with Crippen molar-refractivity contribution in [1.29, 1.82) is 0 Å². The Bertz CT molecular complexity index is 582. The lowest BCUT2D eigenvalue weighted by atomic mass is 10.1. The summed E-state index contributed by atoms with van der Waals surface area (Å²) < 4.78 is 11.1. The van der Waals surface area contributed by atoms with E-state index in [1.165, 1.54) is 5.56 Å². The molecule has 2 nitrogen and oxygen atoms in total. The van der Waals surface area contributed by atoms with Gasteiger partial charge in [-0.2, -0.15) is 0 Å². The number of methoxy groups -OCH3 is 1. The summed E-state index contributed by atoms with van der Waals surface area (Å²) in [6, 6.07) is 16.0. The van der Waals surface area contributed by atoms with E-state index in [2.05, 4.69) is 12.1 Å². The minimum absolute atomic E-state index is 0.857. The van der Waals surface area contributed by atoms with Crippen LogP contribution >= 0.6 is 0 Å². The van der Waals surface area contributed by atoms with E-state index in [0.717, 1.165) is 29.2 Å². The first kappa shape index (κ1) is 10.9. The molecule has 0 spiro atoms. The van der Waals surface area contributed by atoms with Crippen molar-refractivity contribution in [1.82, 2.24) is 0 Å². The van der Waals surface area contributed by atoms with Gasteiger partial charge in [0, 0.05) is 5.56 Å². The number of para-hydroxylation sites is 1. The molecule has 1 aliphatic heterocycles. The van der Waals surface area contributed by atoms with Gasteiger partial charge in [-0.1, -0.05) is 18.2 Å². The van der Waals surface area contributed by atoms with E-state index in [9.17, 15) is 0 Å². The van der Waals surface area contributed by atoms with Crippen LogP contribution in [0.25, 0.3) is 5.76 Å². The third kappa shape index (κ3) is 1.97. The Kier molecular flexibility index (Phi) is 2.77. The van der Waals surface area contributed by atoms with E-state index in [4.69, 9.17) is 9.47 Å². The van der Waals surface area contributed by atoms with Crippen LogP contribution in [0.2, 0.25) is 0 Å². The third-order valence-corrected chi connectivity index (χ3v) is 3.07. The zero-order valence-corrected chi connectivity index (χ0v) is 10.2. The van der Waals surface area contributed by atoms with Crippen LogP contribution < -0.4 is 9.47 Å². The molecule has 0 saturated carbocycles. The van der Waals surface area contributed by atoms with Gasteiger partial charge in [-0.3, -0.25) is 0 Å². The lowest BCUT2D eigenvalue weighted by Crippen LogP contribution is -2.03. The molecule has 0 atom stereocenters. The van der Waals surface area contributed by atoms with Crippen LogP contribution in [-0.2, 0) is 6.42 Å². The quantitative estimate of drug-likeness (QED) is 0.794. The van der Waals surface area contributed by atoms with Crippen LogP contribution in [-0.4, -0.2) is 7.11 Å². The second-order valence-electron chi connectivity index (χ2n) is 4.21. The Labute approximate surface area is 106 Å². The molecule has 0 aliphatic carbocycles. The number of hydrogen-bond donors (Lipinski definition) is 0. The van der Waals surface area contributed by atoms with Crippen molar-refractivity contribution >= 4 is 5.76 Å². The van der Waals surface area contributed by atoms with Gasteiger partial charge in [-0.25, -0.2) is 0 Å². The minimum Gasteiger partial charge on any atom is -0.497 e. The van der Waals surface area contributed by atoms with Gasteiger partial charge in [-0.15, -0.1) is 0 Å². The molecule has 2 aromatic rings. The highest BCUT2D eigenvalue weighted by Gasteiger charge is 2.13. The molecule has 1 heterocycles. The largest absolute Gasteiger partial charge is 0.497 e. The van der Waals surface area contributed by atoms with Crippen LogP contribution in [0.15, 0.2) is 54.6 Å². The second-order valence-corrected chi connectivity index (χ2v) is 4.21. The SMILES string of the molecule is COc1ccc(C2=CCc3ccccc3O2)cc1. The van der Waals surface area contributed by atoms with Crippen molar-refractivity contribution in [3.05, 3.63) is 65.7 Å². The zero-order chi connectivity index (χ0) is 12.4. The fourth-order valence-corrected chi connectivity index (χ4v) is 2.07. The Morgan fingerprint density at radius 1 is 1.00 bits per heavy atom. The van der Waals surface area contributed by atoms with Crippen LogP contribution in [0.4, 0.5) is 0 Å². The van der Waals surface area contributed by atoms with Gasteiger partial charge >= 0.3 is 0 Å². The van der Waals surface area contributed by atoms with Crippen LogP contribution in [0, 0.1) is 0 Å². The Morgan fingerprint density at radius 2 is 1.78 bits per heavy atom. The van der Waals surface area contributed by atoms with Crippen molar-refractivity contribution in [2.24, 2.45) is 0 Å². The van der Waals surface area contributed by atoms with Crippen LogP contribution in [0.3, 0.4) is 0 Å². The molecular weight excluding hydrogens is 224 g/mol. The fraction of sp³-hybridized carbons (Fsp3) is 0.125. The van der Waals surface area contributed by atoms with E-state index in [1.54, 1.807) is 7.11 Å². The third-order valence-electron chi connectivity index (χ3n) is 3.07. The fourth-order valence-electron chi connectivity index (χ4n) is 2.07. The number of hydrogen-bond acceptors (Lipinski definition) is 2. The van der Waals surface area contributed by atoms with Crippen molar-refractivity contribution < 1.29 is 9.47 Å². The summed E-state index contributed by atoms with van der Waals surface area (Å²) in [6.45, 7) is 0. The first-order chi connectivity index (χ1) is 8.86. The van der Waals surface area contributed by atoms with E-state index < -0.39 is 0 Å². The molecule has 0 unspecified atom stereocenters. The van der Waals surface area contributed by atoms with Crippen molar-refractivity contribution in [3.63, 3.8) is 0 Å². The van der Waals surface area contributed by atoms with Gasteiger partial charge in [0.15, 0.2) is 0 Å². The zero-order valence-electron chi connectivity index (χ0n) is 10.2. The molecule has 0 N–H and O–H groups in total. The van der Waals surface area contributed by atoms with E-state index in [-0.39, 0.29) is 0 Å². The molecule has 0 saturated heterocycles. The molecule has 3 rings (SSSR count). The van der Waals surface area contributed by atoms with Gasteiger partial charge in [-0.05, 0) is 48.4 Å². The summed E-state index contributed by atoms with van der Waals surface area (Å²) in [7, 11) is 1.67. The number of benzene rings is 2. The topological polar surface area (TPSA) is 18.5 Å². The van der Waals surface area contributed by atoms with Crippen molar-refractivity contribution in [2.75, 3.05) is 7.11 Å². The minimum atomic E-state index is 0.857. The first-order valence-electron chi connectivity index (χ1n) is 5.97. The van der Waals surface area contributed by atoms with E-state index in [0.29, 0.717) is 0 Å². The molecule has 2 heteroatoms. The summed E-state index contributed by atoms with van der Waals surface area (Å²) >= 11 is 0. The maximum atomic E-state index is 5.91. The highest BCUT2D eigenvalue weighted by Crippen LogP contribution is 2.30. The smallest absolute Gasteiger partial charge is 0.131 e. The summed E-state index contributed by atoms with van der Waals surface area (Å²) in [4.78, 5) is 0. The number of fused-ring (bicyclic) bond motifs is 1. The highest BCUT2D eigenvalue weighted by molar-refractivity contribution is 5.65. The van der Waals surface area contributed by atoms with Crippen LogP contribution in [0.5, 0.6) is 11.5 Å². The molecule has 2 aromatic carbocycles. The molecule has 0 aromatic heterocycles. The predicted molar refractivity (Wildman–Crippen MR) is 71.7 cm³/mol. The standard InChI is InChI=1S/C16H14O2/c1-17-14-9-6-13(7-10-14)16-11-8-12-4-2-3-5-15(12)18-16/h2-7,9-11H,8H2,1H3. The Morgan fingerprint density at radius 3 is 2.56 bits per heavy atom. The molecule has 90 valence electrons. The highest BCUT2D eigenvalue weighted by atomic mass is 16.5. The average molecular weight is 238 g/mol. The maximum absolute atomic E-state index is 5.91. The average Bonchev–Trinajstić information content (AvgIpc) is 2.47. The summed E-state index contributed by atoms with van der Waals surface area (Å²) in [5.74, 6) is 2.72. The summed E-state index contributed by atoms with van der Waals surface area (Å²) in [5.41, 5.74) is 2.31. The van der Waals surface area contributed by atoms with Crippen molar-refractivity contribution in [3.8, 4) is 11.5 Å². The monoisotopic (exact) mass is 238 g/mol. The van der Waals surface area contributed by atoms with Gasteiger partial charge in [0.05, 0.1) is 7.11 Å². The normalized spacial score (nSPS) is 13.3. The maximum Gasteiger partial charge on any atom is 0.131 e. The van der Waals surface area contributed by atoms with Crippen molar-refractivity contribution in [2.45, 2.75) is 6.42 Å². The Balaban J connectivity index is 1.88. The number of ether oxygens (including phenoxy) is 2. The summed E-state index contributed by atoms with van der Waals surface area (Å²) in [5, 5.41) is 0. The number of allylic oxidation sites excluding steroid dienone is 1. The van der Waals surface area contributed by atoms with E-state index >= 15 is 0 Å². The molecule has 0 radical (unpaired) electrons. The van der Waals surface area contributed by atoms with Gasteiger partial charge in [0.25, 0.3) is 0 Å². The van der Waals surface area contributed by atoms with Gasteiger partial charge < -0.3 is 9.47 Å². The van der Waals surface area contributed by atoms with Crippen LogP contribution in [0.1, 0.15) is 11.1 Å². The first-order valence-corrected chi connectivity index (χ1v) is 5.97. The predicted octanol–water partition coefficient (Wildman–Crippen LogP) is 3.67. The summed E-state index contributed by atoms with van der Waals surface area (Å²) in [6.07, 6.45) is 3.03. The molecule has 18 heavy (non-hydrogen) atoms. The van der Waals surface area contributed by atoms with E-state index in [1.807, 2.05) is 42.5 Å². The Hall–Kier alpha value is -2.22. The lowest BCUT2D eigenvalue weighted by molar-refractivity contribution is 0.414. The number of rotatable bonds is 2. The molecule has 0 fully saturated rings. The van der Waals surface area contributed by atoms with Gasteiger partial charge in [0.2, 0.25) is 0 Å². The lowest BCUT2D eigenvalue weighted by Gasteiger charge is -2.18. The molecular formula is C16H14O2. The van der Waals surface area contributed by atoms with Gasteiger partial charge in [0.1, 0.15) is 17.3 Å². The molecule has 0 bridgehead atoms. The molecule has 0 amide bonds.